The van der Waals surface area contributed by atoms with Gasteiger partial charge in [-0.25, -0.2) is 0 Å². The molecule has 1 aromatic rings. The monoisotopic (exact) mass is 325 g/mol. The van der Waals surface area contributed by atoms with Gasteiger partial charge in [0, 0.05) is 29.0 Å². The average Bonchev–Trinajstić information content (AvgIpc) is 2.63. The molecule has 1 heterocycles. The zero-order chi connectivity index (χ0) is 11.5. The Hall–Kier alpha value is -1.02. The van der Waals surface area contributed by atoms with Gasteiger partial charge in [-0.2, -0.15) is 0 Å². The Morgan fingerprint density at radius 1 is 1.44 bits per heavy atom. The summed E-state index contributed by atoms with van der Waals surface area (Å²) in [5.41, 5.74) is 1.16. The van der Waals surface area contributed by atoms with Gasteiger partial charge in [0.25, 0.3) is 0 Å². The minimum atomic E-state index is 0.0938. The zero-order valence-corrected chi connectivity index (χ0v) is 11.0. The van der Waals surface area contributed by atoms with Crippen LogP contribution in [0.5, 0.6) is 0 Å². The minimum Gasteiger partial charge on any atom is -0.337 e. The van der Waals surface area contributed by atoms with Crippen LogP contribution in [0.2, 0.25) is 0 Å². The summed E-state index contributed by atoms with van der Waals surface area (Å²) in [5.74, 6) is 2.92. The third kappa shape index (κ3) is 2.56. The number of likely N-dealkylation sites (tertiary alicyclic amines) is 1. The number of hydrogen-bond donors (Lipinski definition) is 0. The Kier molecular flexibility index (Phi) is 3.49. The highest BCUT2D eigenvalue weighted by Crippen LogP contribution is 2.19. The highest BCUT2D eigenvalue weighted by atomic mass is 127. The summed E-state index contributed by atoms with van der Waals surface area (Å²) in [5, 5.41) is 0. The van der Waals surface area contributed by atoms with Gasteiger partial charge in [-0.15, -0.1) is 12.3 Å². The summed E-state index contributed by atoms with van der Waals surface area (Å²) in [6.07, 6.45) is 5.84. The molecular formula is C13H12INO. The van der Waals surface area contributed by atoms with Crippen LogP contribution in [-0.2, 0) is 11.3 Å². The molecule has 2 nitrogen and oxygen atoms in total. The molecule has 0 spiro atoms. The van der Waals surface area contributed by atoms with Crippen molar-refractivity contribution in [2.24, 2.45) is 5.92 Å². The number of carbonyl (C=O) groups excluding carboxylic acids is 1. The van der Waals surface area contributed by atoms with Gasteiger partial charge >= 0.3 is 0 Å². The van der Waals surface area contributed by atoms with Crippen LogP contribution >= 0.6 is 22.6 Å². The standard InChI is InChI=1S/C13H12INO/c1-2-10-7-13(16)15(8-10)9-11-3-5-12(14)6-4-11/h1,3-6,10H,7-9H2. The van der Waals surface area contributed by atoms with Crippen LogP contribution in [0.3, 0.4) is 0 Å². The maximum absolute atomic E-state index is 11.6. The molecule has 1 atom stereocenters. The van der Waals surface area contributed by atoms with Crippen LogP contribution < -0.4 is 0 Å². The molecule has 82 valence electrons. The average molecular weight is 325 g/mol. The molecule has 0 radical (unpaired) electrons. The predicted molar refractivity (Wildman–Crippen MR) is 71.5 cm³/mol. The van der Waals surface area contributed by atoms with Crippen molar-refractivity contribution in [3.8, 4) is 12.3 Å². The first-order valence-corrected chi connectivity index (χ1v) is 6.25. The first-order chi connectivity index (χ1) is 7.69. The third-order valence-electron chi connectivity index (χ3n) is 2.74. The second-order valence-electron chi connectivity index (χ2n) is 3.97. The molecule has 1 saturated heterocycles. The van der Waals surface area contributed by atoms with Gasteiger partial charge in [-0.05, 0) is 40.3 Å². The van der Waals surface area contributed by atoms with E-state index in [1.165, 1.54) is 3.57 Å². The van der Waals surface area contributed by atoms with Crippen molar-refractivity contribution in [2.75, 3.05) is 6.54 Å². The lowest BCUT2D eigenvalue weighted by molar-refractivity contribution is -0.128. The lowest BCUT2D eigenvalue weighted by Gasteiger charge is -2.15. The molecule has 0 aliphatic carbocycles. The van der Waals surface area contributed by atoms with Crippen LogP contribution in [0, 0.1) is 21.8 Å². The van der Waals surface area contributed by atoms with Gasteiger partial charge in [0.2, 0.25) is 5.91 Å². The molecule has 16 heavy (non-hydrogen) atoms. The van der Waals surface area contributed by atoms with Crippen molar-refractivity contribution >= 4 is 28.5 Å². The molecule has 1 aliphatic heterocycles. The van der Waals surface area contributed by atoms with Gasteiger partial charge in [-0.1, -0.05) is 12.1 Å². The van der Waals surface area contributed by atoms with Crippen molar-refractivity contribution in [1.82, 2.24) is 4.90 Å². The van der Waals surface area contributed by atoms with E-state index in [0.29, 0.717) is 19.5 Å². The maximum Gasteiger partial charge on any atom is 0.224 e. The van der Waals surface area contributed by atoms with Gasteiger partial charge in [-0.3, -0.25) is 4.79 Å². The van der Waals surface area contributed by atoms with E-state index in [4.69, 9.17) is 6.42 Å². The van der Waals surface area contributed by atoms with E-state index in [2.05, 4.69) is 52.8 Å². The van der Waals surface area contributed by atoms with Gasteiger partial charge in [0.1, 0.15) is 0 Å². The van der Waals surface area contributed by atoms with Crippen LogP contribution in [0.4, 0.5) is 0 Å². The molecule has 1 amide bonds. The molecule has 3 heteroatoms. The fourth-order valence-electron chi connectivity index (χ4n) is 1.85. The fraction of sp³-hybridized carbons (Fsp3) is 0.308. The van der Waals surface area contributed by atoms with Crippen molar-refractivity contribution in [2.45, 2.75) is 13.0 Å². The second kappa shape index (κ2) is 4.88. The summed E-state index contributed by atoms with van der Waals surface area (Å²) < 4.78 is 1.20. The summed E-state index contributed by atoms with van der Waals surface area (Å²) in [7, 11) is 0. The molecule has 1 unspecified atom stereocenters. The molecule has 0 aromatic heterocycles. The van der Waals surface area contributed by atoms with E-state index in [1.807, 2.05) is 4.90 Å². The topological polar surface area (TPSA) is 20.3 Å². The highest BCUT2D eigenvalue weighted by molar-refractivity contribution is 14.1. The number of rotatable bonds is 2. The molecular weight excluding hydrogens is 313 g/mol. The SMILES string of the molecule is C#CC1CC(=O)N(Cc2ccc(I)cc2)C1. The Labute approximate surface area is 109 Å². The number of hydrogen-bond acceptors (Lipinski definition) is 1. The van der Waals surface area contributed by atoms with E-state index in [-0.39, 0.29) is 11.8 Å². The predicted octanol–water partition coefficient (Wildman–Crippen LogP) is 2.27. The number of terminal acetylenes is 1. The number of halogens is 1. The number of amides is 1. The summed E-state index contributed by atoms with van der Waals surface area (Å²) in [4.78, 5) is 13.5. The number of nitrogens with zero attached hydrogens (tertiary/aromatic N) is 1. The van der Waals surface area contributed by atoms with Gasteiger partial charge in [0.15, 0.2) is 0 Å². The number of benzene rings is 1. The van der Waals surface area contributed by atoms with E-state index >= 15 is 0 Å². The summed E-state index contributed by atoms with van der Waals surface area (Å²) >= 11 is 2.27. The van der Waals surface area contributed by atoms with Gasteiger partial charge in [0.05, 0.1) is 0 Å². The Balaban J connectivity index is 2.03. The van der Waals surface area contributed by atoms with Crippen LogP contribution in [0.1, 0.15) is 12.0 Å². The third-order valence-corrected chi connectivity index (χ3v) is 3.46. The molecule has 0 N–H and O–H groups in total. The van der Waals surface area contributed by atoms with E-state index in [1.54, 1.807) is 0 Å². The Morgan fingerprint density at radius 2 is 2.12 bits per heavy atom. The first-order valence-electron chi connectivity index (χ1n) is 5.17. The van der Waals surface area contributed by atoms with Crippen molar-refractivity contribution < 1.29 is 4.79 Å². The maximum atomic E-state index is 11.6. The molecule has 0 saturated carbocycles. The van der Waals surface area contributed by atoms with Crippen LogP contribution in [0.15, 0.2) is 24.3 Å². The lowest BCUT2D eigenvalue weighted by Crippen LogP contribution is -2.24. The van der Waals surface area contributed by atoms with E-state index in [0.717, 1.165) is 5.56 Å². The Morgan fingerprint density at radius 3 is 2.69 bits per heavy atom. The smallest absolute Gasteiger partial charge is 0.224 e. The minimum absolute atomic E-state index is 0.0938. The summed E-state index contributed by atoms with van der Waals surface area (Å²) in [6, 6.07) is 8.21. The quantitative estimate of drug-likeness (QED) is 0.603. The number of carbonyl (C=O) groups is 1. The normalized spacial score (nSPS) is 19.9. The van der Waals surface area contributed by atoms with E-state index in [9.17, 15) is 4.79 Å². The molecule has 1 aliphatic rings. The highest BCUT2D eigenvalue weighted by Gasteiger charge is 2.27. The van der Waals surface area contributed by atoms with Crippen molar-refractivity contribution in [3.05, 3.63) is 33.4 Å². The first kappa shape index (κ1) is 11.5. The van der Waals surface area contributed by atoms with Crippen LogP contribution in [-0.4, -0.2) is 17.4 Å². The second-order valence-corrected chi connectivity index (χ2v) is 5.21. The summed E-state index contributed by atoms with van der Waals surface area (Å²) in [6.45, 7) is 1.37. The zero-order valence-electron chi connectivity index (χ0n) is 8.82. The Bertz CT molecular complexity index is 432. The van der Waals surface area contributed by atoms with Crippen molar-refractivity contribution in [3.63, 3.8) is 0 Å². The molecule has 1 aromatic carbocycles. The van der Waals surface area contributed by atoms with Crippen LogP contribution in [0.25, 0.3) is 0 Å². The van der Waals surface area contributed by atoms with E-state index < -0.39 is 0 Å². The van der Waals surface area contributed by atoms with Crippen molar-refractivity contribution in [1.29, 1.82) is 0 Å². The molecule has 0 bridgehead atoms. The fourth-order valence-corrected chi connectivity index (χ4v) is 2.21. The van der Waals surface area contributed by atoms with Gasteiger partial charge < -0.3 is 4.90 Å². The molecule has 2 rings (SSSR count). The lowest BCUT2D eigenvalue weighted by atomic mass is 10.1. The molecule has 1 fully saturated rings. The largest absolute Gasteiger partial charge is 0.337 e.